The van der Waals surface area contributed by atoms with E-state index in [1.807, 2.05) is 18.2 Å². The lowest BCUT2D eigenvalue weighted by Gasteiger charge is -2.10. The van der Waals surface area contributed by atoms with E-state index in [9.17, 15) is 4.79 Å². The lowest BCUT2D eigenvalue weighted by atomic mass is 10.0. The molecular weight excluding hydrogens is 398 g/mol. The molecule has 0 unspecified atom stereocenters. The maximum absolute atomic E-state index is 12.0. The van der Waals surface area contributed by atoms with Crippen molar-refractivity contribution < 1.29 is 14.3 Å². The minimum Gasteiger partial charge on any atom is -0.493 e. The highest BCUT2D eigenvalue weighted by Gasteiger charge is 2.05. The molecule has 1 aromatic rings. The average Bonchev–Trinajstić information content (AvgIpc) is 2.81. The third kappa shape index (κ3) is 14.4. The van der Waals surface area contributed by atoms with Crippen molar-refractivity contribution in [1.82, 2.24) is 5.32 Å². The fourth-order valence-electron chi connectivity index (χ4n) is 4.13. The quantitative estimate of drug-likeness (QED) is 0.197. The molecule has 0 saturated carbocycles. The van der Waals surface area contributed by atoms with Crippen molar-refractivity contribution in [3.05, 3.63) is 23.8 Å². The van der Waals surface area contributed by atoms with Crippen molar-refractivity contribution in [2.75, 3.05) is 20.8 Å². The largest absolute Gasteiger partial charge is 0.493 e. The minimum absolute atomic E-state index is 0.167. The summed E-state index contributed by atoms with van der Waals surface area (Å²) in [6, 6.07) is 5.90. The number of hydrogen-bond acceptors (Lipinski definition) is 3. The molecule has 1 rings (SSSR count). The van der Waals surface area contributed by atoms with Crippen LogP contribution in [0.2, 0.25) is 0 Å². The van der Waals surface area contributed by atoms with E-state index in [0.717, 1.165) is 29.9 Å². The van der Waals surface area contributed by atoms with Crippen LogP contribution in [0.3, 0.4) is 0 Å². The summed E-state index contributed by atoms with van der Waals surface area (Å²) in [6.07, 6.45) is 21.6. The number of rotatable bonds is 21. The van der Waals surface area contributed by atoms with Crippen molar-refractivity contribution in [3.8, 4) is 11.5 Å². The Morgan fingerprint density at radius 2 is 1.22 bits per heavy atom. The molecule has 0 heterocycles. The molecule has 4 nitrogen and oxygen atoms in total. The van der Waals surface area contributed by atoms with Gasteiger partial charge < -0.3 is 14.8 Å². The van der Waals surface area contributed by atoms with Crippen molar-refractivity contribution >= 4 is 5.91 Å². The van der Waals surface area contributed by atoms with E-state index in [-0.39, 0.29) is 5.91 Å². The van der Waals surface area contributed by atoms with Gasteiger partial charge in [0.2, 0.25) is 5.91 Å². The Morgan fingerprint density at radius 3 is 1.72 bits per heavy atom. The zero-order valence-electron chi connectivity index (χ0n) is 21.2. The SMILES string of the molecule is CCCCCCCCCCCCCCCCCC(=O)NCCc1ccc(OC)c(OC)c1. The van der Waals surface area contributed by atoms with Crippen LogP contribution >= 0.6 is 0 Å². The second-order valence-electron chi connectivity index (χ2n) is 8.99. The highest BCUT2D eigenvalue weighted by atomic mass is 16.5. The van der Waals surface area contributed by atoms with Crippen LogP contribution in [0.4, 0.5) is 0 Å². The fraction of sp³-hybridized carbons (Fsp3) is 0.750. The Balaban J connectivity index is 1.90. The zero-order chi connectivity index (χ0) is 23.3. The molecule has 0 aromatic heterocycles. The molecule has 0 aliphatic rings. The molecule has 0 bridgehead atoms. The van der Waals surface area contributed by atoms with E-state index >= 15 is 0 Å². The van der Waals surface area contributed by atoms with Gasteiger partial charge in [-0.25, -0.2) is 0 Å². The molecule has 0 fully saturated rings. The number of unbranched alkanes of at least 4 members (excludes halogenated alkanes) is 14. The molecule has 0 radical (unpaired) electrons. The number of carbonyl (C=O) groups is 1. The molecule has 1 aromatic carbocycles. The molecule has 0 aliphatic heterocycles. The van der Waals surface area contributed by atoms with Crippen molar-refractivity contribution in [3.63, 3.8) is 0 Å². The number of ether oxygens (including phenoxy) is 2. The summed E-state index contributed by atoms with van der Waals surface area (Å²) in [5, 5.41) is 3.04. The van der Waals surface area contributed by atoms with Gasteiger partial charge in [-0.1, -0.05) is 103 Å². The molecule has 0 spiro atoms. The van der Waals surface area contributed by atoms with Crippen LogP contribution < -0.4 is 14.8 Å². The normalized spacial score (nSPS) is 10.8. The molecule has 0 atom stereocenters. The van der Waals surface area contributed by atoms with E-state index in [1.54, 1.807) is 14.2 Å². The van der Waals surface area contributed by atoms with Crippen LogP contribution in [0.25, 0.3) is 0 Å². The van der Waals surface area contributed by atoms with E-state index in [4.69, 9.17) is 9.47 Å². The van der Waals surface area contributed by atoms with E-state index in [0.29, 0.717) is 13.0 Å². The number of carbonyl (C=O) groups excluding carboxylic acids is 1. The molecule has 32 heavy (non-hydrogen) atoms. The van der Waals surface area contributed by atoms with Gasteiger partial charge in [-0.3, -0.25) is 4.79 Å². The van der Waals surface area contributed by atoms with Crippen LogP contribution in [0.15, 0.2) is 18.2 Å². The first-order chi connectivity index (χ1) is 15.7. The van der Waals surface area contributed by atoms with Crippen molar-refractivity contribution in [2.45, 2.75) is 116 Å². The highest BCUT2D eigenvalue weighted by molar-refractivity contribution is 5.75. The predicted molar refractivity (Wildman–Crippen MR) is 136 cm³/mol. The zero-order valence-corrected chi connectivity index (χ0v) is 21.2. The number of hydrogen-bond donors (Lipinski definition) is 1. The second-order valence-corrected chi connectivity index (χ2v) is 8.99. The van der Waals surface area contributed by atoms with Crippen LogP contribution in [0, 0.1) is 0 Å². The highest BCUT2D eigenvalue weighted by Crippen LogP contribution is 2.27. The number of amides is 1. The Labute approximate surface area is 197 Å². The number of methoxy groups -OCH3 is 2. The first-order valence-electron chi connectivity index (χ1n) is 13.2. The summed E-state index contributed by atoms with van der Waals surface area (Å²) >= 11 is 0. The summed E-state index contributed by atoms with van der Waals surface area (Å²) in [5.41, 5.74) is 1.13. The third-order valence-corrected chi connectivity index (χ3v) is 6.19. The van der Waals surface area contributed by atoms with Gasteiger partial charge in [-0.05, 0) is 30.5 Å². The smallest absolute Gasteiger partial charge is 0.220 e. The standard InChI is InChI=1S/C28H49NO3/c1-4-5-6-7-8-9-10-11-12-13-14-15-16-17-18-19-28(30)29-23-22-25-20-21-26(31-2)27(24-25)32-3/h20-21,24H,4-19,22-23H2,1-3H3,(H,29,30). The van der Waals surface area contributed by atoms with E-state index < -0.39 is 0 Å². The molecular formula is C28H49NO3. The maximum atomic E-state index is 12.0. The topological polar surface area (TPSA) is 47.6 Å². The Hall–Kier alpha value is -1.71. The fourth-order valence-corrected chi connectivity index (χ4v) is 4.13. The first kappa shape index (κ1) is 28.3. The number of nitrogens with one attached hydrogen (secondary N) is 1. The van der Waals surface area contributed by atoms with Crippen molar-refractivity contribution in [1.29, 1.82) is 0 Å². The average molecular weight is 448 g/mol. The summed E-state index contributed by atoms with van der Waals surface area (Å²) in [6.45, 7) is 2.94. The molecule has 184 valence electrons. The Kier molecular flexibility index (Phi) is 17.6. The van der Waals surface area contributed by atoms with Gasteiger partial charge in [0.15, 0.2) is 11.5 Å². The van der Waals surface area contributed by atoms with Crippen LogP contribution in [-0.4, -0.2) is 26.7 Å². The van der Waals surface area contributed by atoms with Crippen LogP contribution in [0.1, 0.15) is 115 Å². The molecule has 0 saturated heterocycles. The van der Waals surface area contributed by atoms with Gasteiger partial charge in [0.1, 0.15) is 0 Å². The van der Waals surface area contributed by atoms with Gasteiger partial charge in [0, 0.05) is 13.0 Å². The van der Waals surface area contributed by atoms with Crippen LogP contribution in [0.5, 0.6) is 11.5 Å². The van der Waals surface area contributed by atoms with E-state index in [2.05, 4.69) is 12.2 Å². The van der Waals surface area contributed by atoms with Gasteiger partial charge in [0.25, 0.3) is 0 Å². The monoisotopic (exact) mass is 447 g/mol. The van der Waals surface area contributed by atoms with Crippen molar-refractivity contribution in [2.24, 2.45) is 0 Å². The minimum atomic E-state index is 0.167. The Bertz CT molecular complexity index is 588. The summed E-state index contributed by atoms with van der Waals surface area (Å²) in [4.78, 5) is 12.0. The summed E-state index contributed by atoms with van der Waals surface area (Å²) in [7, 11) is 3.27. The van der Waals surface area contributed by atoms with Gasteiger partial charge in [0.05, 0.1) is 14.2 Å². The van der Waals surface area contributed by atoms with Gasteiger partial charge >= 0.3 is 0 Å². The molecule has 1 amide bonds. The second kappa shape index (κ2) is 19.9. The van der Waals surface area contributed by atoms with Gasteiger partial charge in [-0.2, -0.15) is 0 Å². The predicted octanol–water partition coefficient (Wildman–Crippen LogP) is 7.62. The summed E-state index contributed by atoms with van der Waals surface area (Å²) in [5.74, 6) is 1.63. The molecule has 4 heteroatoms. The lowest BCUT2D eigenvalue weighted by Crippen LogP contribution is -2.25. The molecule has 1 N–H and O–H groups in total. The number of benzene rings is 1. The maximum Gasteiger partial charge on any atom is 0.220 e. The van der Waals surface area contributed by atoms with Crippen LogP contribution in [-0.2, 0) is 11.2 Å². The Morgan fingerprint density at radius 1 is 0.719 bits per heavy atom. The molecule has 0 aliphatic carbocycles. The van der Waals surface area contributed by atoms with E-state index in [1.165, 1.54) is 89.9 Å². The first-order valence-corrected chi connectivity index (χ1v) is 13.2. The lowest BCUT2D eigenvalue weighted by molar-refractivity contribution is -0.121. The third-order valence-electron chi connectivity index (χ3n) is 6.19. The van der Waals surface area contributed by atoms with Gasteiger partial charge in [-0.15, -0.1) is 0 Å². The summed E-state index contributed by atoms with van der Waals surface area (Å²) < 4.78 is 10.6.